The summed E-state index contributed by atoms with van der Waals surface area (Å²) in [6.07, 6.45) is 4.60. The molecule has 1 aliphatic rings. The lowest BCUT2D eigenvalue weighted by Gasteiger charge is -2.35. The van der Waals surface area contributed by atoms with Crippen molar-refractivity contribution in [3.8, 4) is 0 Å². The molecule has 0 saturated carbocycles. The summed E-state index contributed by atoms with van der Waals surface area (Å²) in [7, 11) is 6.32. The fourth-order valence-corrected chi connectivity index (χ4v) is 2.68. The number of likely N-dealkylation sites (N-methyl/N-ethyl adjacent to an activating group) is 1. The first-order valence-electron chi connectivity index (χ1n) is 7.16. The first-order chi connectivity index (χ1) is 9.19. The zero-order valence-corrected chi connectivity index (χ0v) is 12.4. The van der Waals surface area contributed by atoms with Gasteiger partial charge < -0.3 is 10.2 Å². The van der Waals surface area contributed by atoms with Crippen LogP contribution in [0.2, 0.25) is 0 Å². The highest BCUT2D eigenvalue weighted by molar-refractivity contribution is 5.14. The van der Waals surface area contributed by atoms with Gasteiger partial charge in [-0.2, -0.15) is 0 Å². The number of nitrogens with zero attached hydrogens (tertiary/aromatic N) is 3. The summed E-state index contributed by atoms with van der Waals surface area (Å²) >= 11 is 0. The number of aromatic nitrogens is 1. The summed E-state index contributed by atoms with van der Waals surface area (Å²) in [4.78, 5) is 9.43. The molecule has 106 valence electrons. The van der Waals surface area contributed by atoms with Gasteiger partial charge in [0, 0.05) is 31.9 Å². The molecule has 1 fully saturated rings. The topological polar surface area (TPSA) is 31.4 Å². The van der Waals surface area contributed by atoms with E-state index in [1.54, 1.807) is 0 Å². The fraction of sp³-hybridized carbons (Fsp3) is 0.667. The summed E-state index contributed by atoms with van der Waals surface area (Å²) in [5.74, 6) is 0. The van der Waals surface area contributed by atoms with Crippen LogP contribution in [0, 0.1) is 0 Å². The first kappa shape index (κ1) is 14.4. The van der Waals surface area contributed by atoms with Crippen LogP contribution in [-0.4, -0.2) is 55.1 Å². The number of likely N-dealkylation sites (tertiary alicyclic amines) is 1. The van der Waals surface area contributed by atoms with E-state index in [4.69, 9.17) is 0 Å². The molecular formula is C15H26N4. The predicted molar refractivity (Wildman–Crippen MR) is 79.0 cm³/mol. The van der Waals surface area contributed by atoms with Gasteiger partial charge in [0.1, 0.15) is 0 Å². The van der Waals surface area contributed by atoms with Gasteiger partial charge in [-0.15, -0.1) is 0 Å². The van der Waals surface area contributed by atoms with E-state index in [1.165, 1.54) is 30.6 Å². The van der Waals surface area contributed by atoms with E-state index >= 15 is 0 Å². The fourth-order valence-electron chi connectivity index (χ4n) is 2.68. The average molecular weight is 262 g/mol. The molecule has 0 aromatic carbocycles. The van der Waals surface area contributed by atoms with Gasteiger partial charge in [-0.25, -0.2) is 0 Å². The van der Waals surface area contributed by atoms with Crippen molar-refractivity contribution >= 4 is 0 Å². The van der Waals surface area contributed by atoms with E-state index in [0.717, 1.165) is 19.6 Å². The molecule has 1 N–H and O–H groups in total. The molecule has 2 rings (SSSR count). The number of pyridine rings is 1. The molecule has 0 amide bonds. The van der Waals surface area contributed by atoms with Crippen LogP contribution in [-0.2, 0) is 13.1 Å². The normalized spacial score (nSPS) is 20.9. The second kappa shape index (κ2) is 6.98. The standard InChI is InChI=1S/C15H26N4/c1-16-9-13-6-7-14(17-10-13)11-19-8-4-5-15(12-19)18(2)3/h6-7,10,15-16H,4-5,8-9,11-12H2,1-3H3. The van der Waals surface area contributed by atoms with E-state index in [0.29, 0.717) is 6.04 Å². The number of hydrogen-bond acceptors (Lipinski definition) is 4. The Bertz CT molecular complexity index is 374. The molecule has 0 aliphatic carbocycles. The molecule has 0 radical (unpaired) electrons. The molecule has 4 nitrogen and oxygen atoms in total. The maximum Gasteiger partial charge on any atom is 0.0544 e. The first-order valence-corrected chi connectivity index (χ1v) is 7.16. The van der Waals surface area contributed by atoms with Crippen molar-refractivity contribution in [3.63, 3.8) is 0 Å². The maximum atomic E-state index is 4.57. The lowest BCUT2D eigenvalue weighted by Crippen LogP contribution is -2.44. The van der Waals surface area contributed by atoms with Gasteiger partial charge in [-0.1, -0.05) is 6.07 Å². The summed E-state index contributed by atoms with van der Waals surface area (Å²) in [5.41, 5.74) is 2.43. The van der Waals surface area contributed by atoms with Gasteiger partial charge in [0.15, 0.2) is 0 Å². The minimum atomic E-state index is 0.692. The number of piperidine rings is 1. The number of nitrogens with one attached hydrogen (secondary N) is 1. The molecule has 1 aromatic rings. The molecule has 1 aromatic heterocycles. The minimum Gasteiger partial charge on any atom is -0.316 e. The highest BCUT2D eigenvalue weighted by Gasteiger charge is 2.21. The highest BCUT2D eigenvalue weighted by Crippen LogP contribution is 2.15. The summed E-state index contributed by atoms with van der Waals surface area (Å²) in [6.45, 7) is 4.22. The van der Waals surface area contributed by atoms with Crippen molar-refractivity contribution in [2.75, 3.05) is 34.2 Å². The monoisotopic (exact) mass is 262 g/mol. The third-order valence-electron chi connectivity index (χ3n) is 3.86. The highest BCUT2D eigenvalue weighted by atomic mass is 15.2. The van der Waals surface area contributed by atoms with Crippen LogP contribution in [0.25, 0.3) is 0 Å². The van der Waals surface area contributed by atoms with Crippen LogP contribution in [0.15, 0.2) is 18.3 Å². The molecule has 1 unspecified atom stereocenters. The zero-order valence-electron chi connectivity index (χ0n) is 12.4. The Morgan fingerprint density at radius 1 is 1.42 bits per heavy atom. The van der Waals surface area contributed by atoms with Gasteiger partial charge in [0.05, 0.1) is 5.69 Å². The van der Waals surface area contributed by atoms with Crippen LogP contribution in [0.5, 0.6) is 0 Å². The minimum absolute atomic E-state index is 0.692. The lowest BCUT2D eigenvalue weighted by atomic mass is 10.0. The summed E-state index contributed by atoms with van der Waals surface area (Å²) < 4.78 is 0. The molecular weight excluding hydrogens is 236 g/mol. The second-order valence-electron chi connectivity index (χ2n) is 5.68. The largest absolute Gasteiger partial charge is 0.316 e. The van der Waals surface area contributed by atoms with Gasteiger partial charge in [0.25, 0.3) is 0 Å². The molecule has 1 aliphatic heterocycles. The molecule has 2 heterocycles. The Balaban J connectivity index is 1.89. The van der Waals surface area contributed by atoms with Crippen molar-refractivity contribution in [2.45, 2.75) is 32.0 Å². The lowest BCUT2D eigenvalue weighted by molar-refractivity contribution is 0.127. The van der Waals surface area contributed by atoms with Gasteiger partial charge >= 0.3 is 0 Å². The van der Waals surface area contributed by atoms with Crippen molar-refractivity contribution in [3.05, 3.63) is 29.6 Å². The summed E-state index contributed by atoms with van der Waals surface area (Å²) in [6, 6.07) is 5.02. The quantitative estimate of drug-likeness (QED) is 0.867. The van der Waals surface area contributed by atoms with Gasteiger partial charge in [-0.05, 0) is 52.2 Å². The third-order valence-corrected chi connectivity index (χ3v) is 3.86. The van der Waals surface area contributed by atoms with E-state index in [9.17, 15) is 0 Å². The number of rotatable bonds is 5. The van der Waals surface area contributed by atoms with E-state index in [1.807, 2.05) is 13.2 Å². The zero-order chi connectivity index (χ0) is 13.7. The predicted octanol–water partition coefficient (Wildman–Crippen LogP) is 1.33. The van der Waals surface area contributed by atoms with Crippen LogP contribution < -0.4 is 5.32 Å². The van der Waals surface area contributed by atoms with E-state index in [2.05, 4.69) is 46.3 Å². The summed E-state index contributed by atoms with van der Waals surface area (Å²) in [5, 5.41) is 3.15. The van der Waals surface area contributed by atoms with Crippen LogP contribution in [0.4, 0.5) is 0 Å². The second-order valence-corrected chi connectivity index (χ2v) is 5.68. The van der Waals surface area contributed by atoms with E-state index in [-0.39, 0.29) is 0 Å². The van der Waals surface area contributed by atoms with Crippen molar-refractivity contribution in [1.82, 2.24) is 20.1 Å². The smallest absolute Gasteiger partial charge is 0.0544 e. The SMILES string of the molecule is CNCc1ccc(CN2CCCC(N(C)C)C2)nc1. The van der Waals surface area contributed by atoms with E-state index < -0.39 is 0 Å². The van der Waals surface area contributed by atoms with Crippen LogP contribution in [0.3, 0.4) is 0 Å². The molecule has 0 spiro atoms. The molecule has 19 heavy (non-hydrogen) atoms. The molecule has 1 atom stereocenters. The Morgan fingerprint density at radius 2 is 2.26 bits per heavy atom. The van der Waals surface area contributed by atoms with Gasteiger partial charge in [0.2, 0.25) is 0 Å². The Kier molecular flexibility index (Phi) is 5.31. The molecule has 0 bridgehead atoms. The third kappa shape index (κ3) is 4.27. The van der Waals surface area contributed by atoms with Crippen molar-refractivity contribution in [2.24, 2.45) is 0 Å². The maximum absolute atomic E-state index is 4.57. The van der Waals surface area contributed by atoms with Crippen molar-refractivity contribution in [1.29, 1.82) is 0 Å². The van der Waals surface area contributed by atoms with Gasteiger partial charge in [-0.3, -0.25) is 9.88 Å². The Morgan fingerprint density at radius 3 is 2.89 bits per heavy atom. The van der Waals surface area contributed by atoms with Crippen LogP contribution in [0.1, 0.15) is 24.1 Å². The van der Waals surface area contributed by atoms with Crippen molar-refractivity contribution < 1.29 is 0 Å². The Hall–Kier alpha value is -0.970. The number of hydrogen-bond donors (Lipinski definition) is 1. The molecule has 4 heteroatoms. The molecule has 1 saturated heterocycles. The Labute approximate surface area is 116 Å². The van der Waals surface area contributed by atoms with Crippen LogP contribution >= 0.6 is 0 Å². The average Bonchev–Trinajstić information content (AvgIpc) is 2.42.